The highest BCUT2D eigenvalue weighted by atomic mass is 15.2. The van der Waals surface area contributed by atoms with E-state index in [1.807, 2.05) is 7.05 Å². The zero-order valence-electron chi connectivity index (χ0n) is 8.20. The molecule has 4 nitrogen and oxygen atoms in total. The van der Waals surface area contributed by atoms with Crippen LogP contribution in [0.1, 0.15) is 19.8 Å². The Hall–Kier alpha value is -1.32. The van der Waals surface area contributed by atoms with E-state index in [0.29, 0.717) is 5.69 Å². The van der Waals surface area contributed by atoms with Gasteiger partial charge in [-0.05, 0) is 6.42 Å². The van der Waals surface area contributed by atoms with Crippen molar-refractivity contribution in [3.8, 4) is 0 Å². The Labute approximate surface area is 78.8 Å². The van der Waals surface area contributed by atoms with E-state index in [0.717, 1.165) is 18.8 Å². The van der Waals surface area contributed by atoms with Crippen LogP contribution >= 0.6 is 0 Å². The molecule has 1 aromatic heterocycles. The molecule has 2 N–H and O–H groups in total. The summed E-state index contributed by atoms with van der Waals surface area (Å²) >= 11 is 0. The number of hydrogen-bond acceptors (Lipinski definition) is 4. The number of hydrogen-bond donors (Lipinski definition) is 1. The lowest BCUT2D eigenvalue weighted by Gasteiger charge is -2.18. The van der Waals surface area contributed by atoms with Gasteiger partial charge in [0.2, 0.25) is 0 Å². The molecule has 0 amide bonds. The van der Waals surface area contributed by atoms with Crippen LogP contribution in [0.4, 0.5) is 11.5 Å². The maximum Gasteiger partial charge on any atom is 0.154 e. The van der Waals surface area contributed by atoms with Crippen molar-refractivity contribution in [2.45, 2.75) is 19.8 Å². The average Bonchev–Trinajstić information content (AvgIpc) is 2.15. The summed E-state index contributed by atoms with van der Waals surface area (Å²) in [6.07, 6.45) is 5.48. The van der Waals surface area contributed by atoms with Crippen molar-refractivity contribution in [2.75, 3.05) is 24.2 Å². The Bertz CT molecular complexity index is 262. The summed E-state index contributed by atoms with van der Waals surface area (Å²) in [7, 11) is 1.99. The summed E-state index contributed by atoms with van der Waals surface area (Å²) in [5.41, 5.74) is 6.37. The van der Waals surface area contributed by atoms with E-state index in [4.69, 9.17) is 5.73 Å². The standard InChI is InChI=1S/C9H16N4/c1-3-4-5-13(2)9-8(10)6-11-7-12-9/h6-7H,3-5,10H2,1-2H3. The van der Waals surface area contributed by atoms with Crippen LogP contribution in [0.2, 0.25) is 0 Å². The van der Waals surface area contributed by atoms with E-state index in [-0.39, 0.29) is 0 Å². The Balaban J connectivity index is 2.65. The van der Waals surface area contributed by atoms with Crippen molar-refractivity contribution in [1.29, 1.82) is 0 Å². The summed E-state index contributed by atoms with van der Waals surface area (Å²) in [5.74, 6) is 0.823. The predicted octanol–water partition coefficient (Wildman–Crippen LogP) is 1.30. The van der Waals surface area contributed by atoms with Crippen molar-refractivity contribution in [1.82, 2.24) is 9.97 Å². The highest BCUT2D eigenvalue weighted by molar-refractivity contribution is 5.60. The van der Waals surface area contributed by atoms with Crippen molar-refractivity contribution in [2.24, 2.45) is 0 Å². The molecule has 0 saturated carbocycles. The van der Waals surface area contributed by atoms with Gasteiger partial charge in [-0.15, -0.1) is 0 Å². The monoisotopic (exact) mass is 180 g/mol. The molecule has 0 saturated heterocycles. The van der Waals surface area contributed by atoms with Gasteiger partial charge in [0.15, 0.2) is 5.82 Å². The fourth-order valence-corrected chi connectivity index (χ4v) is 1.15. The third-order valence-corrected chi connectivity index (χ3v) is 1.93. The van der Waals surface area contributed by atoms with Gasteiger partial charge < -0.3 is 10.6 Å². The van der Waals surface area contributed by atoms with Gasteiger partial charge in [-0.1, -0.05) is 13.3 Å². The Morgan fingerprint density at radius 2 is 2.31 bits per heavy atom. The fraction of sp³-hybridized carbons (Fsp3) is 0.556. The smallest absolute Gasteiger partial charge is 0.154 e. The molecule has 4 heteroatoms. The summed E-state index contributed by atoms with van der Waals surface area (Å²) in [5, 5.41) is 0. The molecule has 0 radical (unpaired) electrons. The van der Waals surface area contributed by atoms with Gasteiger partial charge in [-0.3, -0.25) is 0 Å². The molecule has 0 aliphatic heterocycles. The lowest BCUT2D eigenvalue weighted by Crippen LogP contribution is -2.20. The summed E-state index contributed by atoms with van der Waals surface area (Å²) in [6.45, 7) is 3.15. The SMILES string of the molecule is CCCCN(C)c1ncncc1N. The molecule has 0 spiro atoms. The number of rotatable bonds is 4. The van der Waals surface area contributed by atoms with Crippen LogP contribution in [0.5, 0.6) is 0 Å². The largest absolute Gasteiger partial charge is 0.394 e. The third-order valence-electron chi connectivity index (χ3n) is 1.93. The molecule has 72 valence electrons. The maximum atomic E-state index is 5.73. The molecule has 0 aliphatic rings. The first kappa shape index (κ1) is 9.77. The van der Waals surface area contributed by atoms with Crippen LogP contribution in [0, 0.1) is 0 Å². The quantitative estimate of drug-likeness (QED) is 0.758. The van der Waals surface area contributed by atoms with Crippen LogP contribution in [0.15, 0.2) is 12.5 Å². The fourth-order valence-electron chi connectivity index (χ4n) is 1.15. The van der Waals surface area contributed by atoms with Gasteiger partial charge in [0.1, 0.15) is 6.33 Å². The number of nitrogens with two attached hydrogens (primary N) is 1. The van der Waals surface area contributed by atoms with E-state index in [1.165, 1.54) is 12.7 Å². The maximum absolute atomic E-state index is 5.73. The van der Waals surface area contributed by atoms with E-state index in [2.05, 4.69) is 21.8 Å². The molecule has 1 rings (SSSR count). The Kier molecular flexibility index (Phi) is 3.49. The molecular weight excluding hydrogens is 164 g/mol. The van der Waals surface area contributed by atoms with E-state index < -0.39 is 0 Å². The predicted molar refractivity (Wildman–Crippen MR) is 54.6 cm³/mol. The van der Waals surface area contributed by atoms with Gasteiger partial charge >= 0.3 is 0 Å². The number of anilines is 2. The van der Waals surface area contributed by atoms with E-state index in [1.54, 1.807) is 6.20 Å². The van der Waals surface area contributed by atoms with Crippen LogP contribution in [0.3, 0.4) is 0 Å². The normalized spacial score (nSPS) is 10.0. The molecule has 1 aromatic rings. The van der Waals surface area contributed by atoms with E-state index >= 15 is 0 Å². The zero-order chi connectivity index (χ0) is 9.68. The first-order valence-corrected chi connectivity index (χ1v) is 4.52. The van der Waals surface area contributed by atoms with Crippen LogP contribution < -0.4 is 10.6 Å². The molecule has 13 heavy (non-hydrogen) atoms. The second-order valence-electron chi connectivity index (χ2n) is 3.08. The lowest BCUT2D eigenvalue weighted by molar-refractivity contribution is 0.759. The summed E-state index contributed by atoms with van der Waals surface area (Å²) in [4.78, 5) is 10.0. The molecule has 0 unspecified atom stereocenters. The number of aromatic nitrogens is 2. The Morgan fingerprint density at radius 3 is 2.92 bits per heavy atom. The van der Waals surface area contributed by atoms with Gasteiger partial charge in [0.25, 0.3) is 0 Å². The van der Waals surface area contributed by atoms with Crippen molar-refractivity contribution in [3.63, 3.8) is 0 Å². The molecule has 0 fully saturated rings. The minimum absolute atomic E-state index is 0.640. The minimum Gasteiger partial charge on any atom is -0.394 e. The molecular formula is C9H16N4. The second-order valence-corrected chi connectivity index (χ2v) is 3.08. The van der Waals surface area contributed by atoms with Gasteiger partial charge in [0.05, 0.1) is 11.9 Å². The molecule has 1 heterocycles. The highest BCUT2D eigenvalue weighted by Gasteiger charge is 2.04. The number of nitrogens with zero attached hydrogens (tertiary/aromatic N) is 3. The van der Waals surface area contributed by atoms with Crippen LogP contribution in [-0.2, 0) is 0 Å². The Morgan fingerprint density at radius 1 is 1.54 bits per heavy atom. The molecule has 0 aromatic carbocycles. The molecule has 0 bridgehead atoms. The van der Waals surface area contributed by atoms with Gasteiger partial charge in [0, 0.05) is 13.6 Å². The molecule has 0 aliphatic carbocycles. The third kappa shape index (κ3) is 2.57. The minimum atomic E-state index is 0.640. The highest BCUT2D eigenvalue weighted by Crippen LogP contribution is 2.16. The van der Waals surface area contributed by atoms with Crippen LogP contribution in [-0.4, -0.2) is 23.6 Å². The van der Waals surface area contributed by atoms with Crippen molar-refractivity contribution in [3.05, 3.63) is 12.5 Å². The van der Waals surface area contributed by atoms with E-state index in [9.17, 15) is 0 Å². The first-order chi connectivity index (χ1) is 6.25. The van der Waals surface area contributed by atoms with Gasteiger partial charge in [-0.2, -0.15) is 0 Å². The summed E-state index contributed by atoms with van der Waals surface area (Å²) in [6, 6.07) is 0. The number of nitrogen functional groups attached to an aromatic ring is 1. The van der Waals surface area contributed by atoms with Crippen LogP contribution in [0.25, 0.3) is 0 Å². The average molecular weight is 180 g/mol. The summed E-state index contributed by atoms with van der Waals surface area (Å²) < 4.78 is 0. The van der Waals surface area contributed by atoms with Crippen molar-refractivity contribution < 1.29 is 0 Å². The van der Waals surface area contributed by atoms with Gasteiger partial charge in [-0.25, -0.2) is 9.97 Å². The topological polar surface area (TPSA) is 55.0 Å². The lowest BCUT2D eigenvalue weighted by atomic mass is 10.3. The number of unbranched alkanes of at least 4 members (excludes halogenated alkanes) is 1. The van der Waals surface area contributed by atoms with Crippen molar-refractivity contribution >= 4 is 11.5 Å². The zero-order valence-corrected chi connectivity index (χ0v) is 8.20. The first-order valence-electron chi connectivity index (χ1n) is 4.52. The second kappa shape index (κ2) is 4.64. The molecule has 0 atom stereocenters.